The molecule has 0 spiro atoms. The molecule has 0 N–H and O–H groups in total. The minimum atomic E-state index is 0.173. The van der Waals surface area contributed by atoms with Crippen LogP contribution in [0.25, 0.3) is 22.2 Å². The molecule has 0 bridgehead atoms. The zero-order valence-corrected chi connectivity index (χ0v) is 23.0. The highest BCUT2D eigenvalue weighted by Gasteiger charge is 2.34. The summed E-state index contributed by atoms with van der Waals surface area (Å²) < 4.78 is 13.7. The van der Waals surface area contributed by atoms with Crippen molar-refractivity contribution in [2.75, 3.05) is 18.6 Å². The molecule has 2 aliphatic rings. The molecule has 1 saturated heterocycles. The van der Waals surface area contributed by atoms with Gasteiger partial charge in [0, 0.05) is 30.9 Å². The Balaban J connectivity index is 1.46. The smallest absolute Gasteiger partial charge is 0.141 e. The van der Waals surface area contributed by atoms with Crippen LogP contribution in [0.3, 0.4) is 0 Å². The predicted octanol–water partition coefficient (Wildman–Crippen LogP) is 8.09. The lowest BCUT2D eigenvalue weighted by Crippen LogP contribution is -2.28. The molecule has 2 aromatic heterocycles. The van der Waals surface area contributed by atoms with Crippen molar-refractivity contribution in [3.63, 3.8) is 0 Å². The Bertz CT molecular complexity index is 1420. The second kappa shape index (κ2) is 9.97. The van der Waals surface area contributed by atoms with Gasteiger partial charge in [-0.05, 0) is 88.3 Å². The van der Waals surface area contributed by atoms with Crippen molar-refractivity contribution < 1.29 is 9.26 Å². The lowest BCUT2D eigenvalue weighted by Gasteiger charge is -2.33. The molecule has 8 heteroatoms. The van der Waals surface area contributed by atoms with E-state index in [1.54, 1.807) is 0 Å². The average Bonchev–Trinajstić information content (AvgIpc) is 3.62. The van der Waals surface area contributed by atoms with Crippen LogP contribution in [-0.4, -0.2) is 34.5 Å². The molecular weight excluding hydrogens is 507 g/mol. The highest BCUT2D eigenvalue weighted by Crippen LogP contribution is 2.43. The summed E-state index contributed by atoms with van der Waals surface area (Å²) in [4.78, 5) is 7.78. The predicted molar refractivity (Wildman–Crippen MR) is 149 cm³/mol. The number of hydrogen-bond donors (Lipinski definition) is 0. The van der Waals surface area contributed by atoms with Crippen LogP contribution in [0, 0.1) is 13.8 Å². The third-order valence-electron chi connectivity index (χ3n) is 8.17. The van der Waals surface area contributed by atoms with Gasteiger partial charge in [0.1, 0.15) is 11.6 Å². The van der Waals surface area contributed by atoms with Crippen LogP contribution >= 0.6 is 23.2 Å². The summed E-state index contributed by atoms with van der Waals surface area (Å²) in [5.41, 5.74) is 6.34. The molecule has 4 aromatic rings. The summed E-state index contributed by atoms with van der Waals surface area (Å²) in [6.07, 6.45) is 6.81. The Labute approximate surface area is 227 Å². The molecule has 37 heavy (non-hydrogen) atoms. The van der Waals surface area contributed by atoms with E-state index in [-0.39, 0.29) is 6.04 Å². The first-order chi connectivity index (χ1) is 17.9. The van der Waals surface area contributed by atoms with Gasteiger partial charge in [-0.15, -0.1) is 0 Å². The van der Waals surface area contributed by atoms with Crippen molar-refractivity contribution in [2.45, 2.75) is 70.6 Å². The number of rotatable bonds is 5. The maximum absolute atomic E-state index is 6.42. The summed E-state index contributed by atoms with van der Waals surface area (Å²) in [6, 6.07) is 13.1. The second-order valence-electron chi connectivity index (χ2n) is 10.4. The van der Waals surface area contributed by atoms with Crippen LogP contribution in [0.1, 0.15) is 67.9 Å². The van der Waals surface area contributed by atoms with Crippen molar-refractivity contribution in [1.29, 1.82) is 0 Å². The Morgan fingerprint density at radius 3 is 2.49 bits per heavy atom. The molecule has 0 radical (unpaired) electrons. The Hall–Kier alpha value is -2.54. The number of imidazole rings is 1. The van der Waals surface area contributed by atoms with Crippen LogP contribution in [-0.2, 0) is 4.74 Å². The number of ether oxygens (including phenoxy) is 1. The molecule has 6 nitrogen and oxygen atoms in total. The third-order valence-corrected chi connectivity index (χ3v) is 8.91. The van der Waals surface area contributed by atoms with Gasteiger partial charge in [-0.2, -0.15) is 0 Å². The van der Waals surface area contributed by atoms with Crippen LogP contribution in [0.2, 0.25) is 10.0 Å². The summed E-state index contributed by atoms with van der Waals surface area (Å²) in [5, 5.41) is 5.33. The zero-order chi connectivity index (χ0) is 25.7. The highest BCUT2D eigenvalue weighted by molar-refractivity contribution is 6.42. The molecule has 194 valence electrons. The number of anilines is 1. The standard InChI is InChI=1S/C29H32Cl2N4O2/c1-17-28(18(2)37-33-17)19-6-13-26-25(15-19)32-29(35(26)20-7-10-22(36-3)11-8-20)27-5-4-14-34(27)21-9-12-23(30)24(31)16-21/h6,9,12-13,15-16,20,22,27H,4-5,7-8,10-11,14H2,1-3H3/t20?,22?,27-/m0/s1. The number of nitrogens with zero attached hydrogens (tertiary/aromatic N) is 4. The molecule has 6 rings (SSSR count). The van der Waals surface area contributed by atoms with Crippen molar-refractivity contribution in [3.05, 3.63) is 63.7 Å². The number of fused-ring (bicyclic) bond motifs is 1. The number of benzene rings is 2. The van der Waals surface area contributed by atoms with E-state index in [1.807, 2.05) is 33.1 Å². The summed E-state index contributed by atoms with van der Waals surface area (Å²) in [6.45, 7) is 4.92. The number of aromatic nitrogens is 3. The molecule has 1 aliphatic carbocycles. The third kappa shape index (κ3) is 4.43. The number of halogens is 2. The fourth-order valence-corrected chi connectivity index (χ4v) is 6.63. The molecular formula is C29H32Cl2N4O2. The minimum Gasteiger partial charge on any atom is -0.381 e. The van der Waals surface area contributed by atoms with Crippen molar-refractivity contribution in [1.82, 2.24) is 14.7 Å². The van der Waals surface area contributed by atoms with Gasteiger partial charge < -0.3 is 18.7 Å². The SMILES string of the molecule is COC1CCC(n2c([C@@H]3CCCN3c3ccc(Cl)c(Cl)c3)nc3cc(-c4c(C)noc4C)ccc32)CC1. The molecule has 1 aliphatic heterocycles. The van der Waals surface area contributed by atoms with E-state index < -0.39 is 0 Å². The van der Waals surface area contributed by atoms with Gasteiger partial charge in [0.15, 0.2) is 0 Å². The molecule has 2 fully saturated rings. The van der Waals surface area contributed by atoms with Crippen LogP contribution < -0.4 is 4.90 Å². The van der Waals surface area contributed by atoms with Crippen molar-refractivity contribution in [3.8, 4) is 11.1 Å². The maximum atomic E-state index is 6.42. The van der Waals surface area contributed by atoms with Gasteiger partial charge in [0.25, 0.3) is 0 Å². The Kier molecular flexibility index (Phi) is 6.68. The van der Waals surface area contributed by atoms with E-state index in [0.717, 1.165) is 84.7 Å². The Morgan fingerprint density at radius 2 is 1.78 bits per heavy atom. The fraction of sp³-hybridized carbons (Fsp3) is 0.448. The lowest BCUT2D eigenvalue weighted by molar-refractivity contribution is 0.0584. The average molecular weight is 540 g/mol. The van der Waals surface area contributed by atoms with Gasteiger partial charge in [-0.1, -0.05) is 34.4 Å². The summed E-state index contributed by atoms with van der Waals surface area (Å²) in [7, 11) is 1.83. The number of methoxy groups -OCH3 is 1. The van der Waals surface area contributed by atoms with Gasteiger partial charge >= 0.3 is 0 Å². The monoisotopic (exact) mass is 538 g/mol. The quantitative estimate of drug-likeness (QED) is 0.257. The molecule has 2 aromatic carbocycles. The first-order valence-corrected chi connectivity index (χ1v) is 13.9. The largest absolute Gasteiger partial charge is 0.381 e. The topological polar surface area (TPSA) is 56.3 Å². The van der Waals surface area contributed by atoms with Crippen LogP contribution in [0.4, 0.5) is 5.69 Å². The number of hydrogen-bond acceptors (Lipinski definition) is 5. The van der Waals surface area contributed by atoms with Gasteiger partial charge in [-0.25, -0.2) is 4.98 Å². The van der Waals surface area contributed by atoms with E-state index in [1.165, 1.54) is 5.52 Å². The van der Waals surface area contributed by atoms with Crippen molar-refractivity contribution in [2.24, 2.45) is 0 Å². The first-order valence-electron chi connectivity index (χ1n) is 13.1. The molecule has 1 atom stereocenters. The van der Waals surface area contributed by atoms with Crippen LogP contribution in [0.5, 0.6) is 0 Å². The number of aryl methyl sites for hydroxylation is 2. The first kappa shape index (κ1) is 24.8. The van der Waals surface area contributed by atoms with E-state index in [2.05, 4.69) is 38.9 Å². The molecule has 0 unspecified atom stereocenters. The van der Waals surface area contributed by atoms with E-state index in [4.69, 9.17) is 37.4 Å². The second-order valence-corrected chi connectivity index (χ2v) is 11.2. The Morgan fingerprint density at radius 1 is 0.973 bits per heavy atom. The van der Waals surface area contributed by atoms with Gasteiger partial charge in [0.05, 0.1) is 38.9 Å². The van der Waals surface area contributed by atoms with Crippen molar-refractivity contribution >= 4 is 39.9 Å². The molecule has 3 heterocycles. The fourth-order valence-electron chi connectivity index (χ4n) is 6.33. The summed E-state index contributed by atoms with van der Waals surface area (Å²) >= 11 is 12.7. The zero-order valence-electron chi connectivity index (χ0n) is 21.5. The normalized spacial score (nSPS) is 22.3. The van der Waals surface area contributed by atoms with E-state index in [9.17, 15) is 0 Å². The molecule has 1 saturated carbocycles. The maximum Gasteiger partial charge on any atom is 0.141 e. The minimum absolute atomic E-state index is 0.173. The van der Waals surface area contributed by atoms with Gasteiger partial charge in [0.2, 0.25) is 0 Å². The lowest BCUT2D eigenvalue weighted by atomic mass is 9.92. The molecule has 0 amide bonds. The van der Waals surface area contributed by atoms with E-state index in [0.29, 0.717) is 22.2 Å². The van der Waals surface area contributed by atoms with E-state index >= 15 is 0 Å². The van der Waals surface area contributed by atoms with Gasteiger partial charge in [-0.3, -0.25) is 0 Å². The highest BCUT2D eigenvalue weighted by atomic mass is 35.5. The summed E-state index contributed by atoms with van der Waals surface area (Å²) in [5.74, 6) is 1.96. The van der Waals surface area contributed by atoms with Crippen LogP contribution in [0.15, 0.2) is 40.9 Å².